The second-order valence-electron chi connectivity index (χ2n) is 2.79. The van der Waals surface area contributed by atoms with Gasteiger partial charge in [-0.15, -0.1) is 0 Å². The monoisotopic (exact) mass is 144 g/mol. The zero-order valence-corrected chi connectivity index (χ0v) is 6.55. The summed E-state index contributed by atoms with van der Waals surface area (Å²) in [5.74, 6) is 0. The molecule has 10 heavy (non-hydrogen) atoms. The fourth-order valence-electron chi connectivity index (χ4n) is 1.08. The van der Waals surface area contributed by atoms with E-state index in [1.165, 1.54) is 13.0 Å². The van der Waals surface area contributed by atoms with Crippen LogP contribution in [-0.2, 0) is 4.74 Å². The Morgan fingerprint density at radius 2 is 2.50 bits per heavy atom. The molecule has 1 atom stereocenters. The van der Waals surface area contributed by atoms with Gasteiger partial charge in [-0.3, -0.25) is 0 Å². The third kappa shape index (κ3) is 1.94. The fourth-order valence-corrected chi connectivity index (χ4v) is 1.08. The molecule has 1 fully saturated rings. The largest absolute Gasteiger partial charge is 0.379 e. The van der Waals surface area contributed by atoms with E-state index in [9.17, 15) is 0 Å². The quantitative estimate of drug-likeness (QED) is 0.549. The van der Waals surface area contributed by atoms with Crippen LogP contribution in [0.1, 0.15) is 6.42 Å². The Hall–Kier alpha value is -0.120. The van der Waals surface area contributed by atoms with E-state index >= 15 is 0 Å². The first kappa shape index (κ1) is 7.98. The van der Waals surface area contributed by atoms with Crippen LogP contribution in [0.15, 0.2) is 0 Å². The van der Waals surface area contributed by atoms with E-state index in [1.54, 1.807) is 0 Å². The van der Waals surface area contributed by atoms with Crippen LogP contribution in [0.25, 0.3) is 0 Å². The molecule has 1 unspecified atom stereocenters. The molecule has 0 aromatic heterocycles. The first-order valence-corrected chi connectivity index (χ1v) is 3.82. The van der Waals surface area contributed by atoms with Crippen molar-refractivity contribution in [2.45, 2.75) is 12.5 Å². The molecule has 0 saturated carbocycles. The minimum absolute atomic E-state index is 0.635. The maximum Gasteiger partial charge on any atom is 0.0622 e. The Morgan fingerprint density at radius 3 is 2.90 bits per heavy atom. The van der Waals surface area contributed by atoms with Gasteiger partial charge in [0.05, 0.1) is 13.2 Å². The average molecular weight is 144 g/mol. The minimum atomic E-state index is 0.635. The van der Waals surface area contributed by atoms with Gasteiger partial charge in [-0.05, 0) is 20.0 Å². The average Bonchev–Trinajstić information content (AvgIpc) is 1.95. The third-order valence-electron chi connectivity index (χ3n) is 2.01. The van der Waals surface area contributed by atoms with Gasteiger partial charge in [0.15, 0.2) is 0 Å². The number of ether oxygens (including phenoxy) is 1. The van der Waals surface area contributed by atoms with Crippen molar-refractivity contribution in [3.8, 4) is 0 Å². The van der Waals surface area contributed by atoms with Crippen molar-refractivity contribution in [2.75, 3.05) is 33.4 Å². The Bertz CT molecular complexity index is 97.6. The van der Waals surface area contributed by atoms with Crippen LogP contribution < -0.4 is 5.73 Å². The van der Waals surface area contributed by atoms with Gasteiger partial charge in [0.2, 0.25) is 0 Å². The van der Waals surface area contributed by atoms with E-state index < -0.39 is 0 Å². The summed E-state index contributed by atoms with van der Waals surface area (Å²) in [5, 5.41) is 0. The van der Waals surface area contributed by atoms with Crippen LogP contribution in [0, 0.1) is 0 Å². The molecule has 0 bridgehead atoms. The zero-order chi connectivity index (χ0) is 7.40. The second-order valence-corrected chi connectivity index (χ2v) is 2.79. The molecular weight excluding hydrogens is 128 g/mol. The lowest BCUT2D eigenvalue weighted by Gasteiger charge is -2.37. The minimum Gasteiger partial charge on any atom is -0.379 e. The SMILES string of the molecule is CN1CCC1COCCN. The summed E-state index contributed by atoms with van der Waals surface area (Å²) >= 11 is 0. The molecule has 0 aliphatic carbocycles. The molecular formula is C7H16N2O. The van der Waals surface area contributed by atoms with Gasteiger partial charge in [-0.2, -0.15) is 0 Å². The third-order valence-corrected chi connectivity index (χ3v) is 2.01. The Labute approximate surface area is 62.1 Å². The van der Waals surface area contributed by atoms with Gasteiger partial charge in [0, 0.05) is 12.6 Å². The number of likely N-dealkylation sites (tertiary alicyclic amines) is 1. The predicted molar refractivity (Wildman–Crippen MR) is 40.9 cm³/mol. The van der Waals surface area contributed by atoms with Crippen molar-refractivity contribution in [2.24, 2.45) is 5.73 Å². The summed E-state index contributed by atoms with van der Waals surface area (Å²) in [6.07, 6.45) is 1.28. The summed E-state index contributed by atoms with van der Waals surface area (Å²) in [7, 11) is 2.12. The van der Waals surface area contributed by atoms with Gasteiger partial charge in [0.1, 0.15) is 0 Å². The molecule has 2 N–H and O–H groups in total. The van der Waals surface area contributed by atoms with Crippen LogP contribution in [0.3, 0.4) is 0 Å². The number of hydrogen-bond donors (Lipinski definition) is 1. The topological polar surface area (TPSA) is 38.5 Å². The summed E-state index contributed by atoms with van der Waals surface area (Å²) in [5.41, 5.74) is 5.27. The summed E-state index contributed by atoms with van der Waals surface area (Å²) in [6, 6.07) is 0.659. The number of nitrogens with zero attached hydrogens (tertiary/aromatic N) is 1. The highest BCUT2D eigenvalue weighted by molar-refractivity contribution is 4.78. The van der Waals surface area contributed by atoms with E-state index in [2.05, 4.69) is 11.9 Å². The summed E-state index contributed by atoms with van der Waals surface area (Å²) in [4.78, 5) is 2.30. The van der Waals surface area contributed by atoms with Crippen LogP contribution in [0.4, 0.5) is 0 Å². The van der Waals surface area contributed by atoms with E-state index in [4.69, 9.17) is 10.5 Å². The van der Waals surface area contributed by atoms with Gasteiger partial charge >= 0.3 is 0 Å². The highest BCUT2D eigenvalue weighted by Gasteiger charge is 2.23. The normalized spacial score (nSPS) is 26.4. The molecule has 1 aliphatic rings. The molecule has 0 spiro atoms. The van der Waals surface area contributed by atoms with Crippen LogP contribution >= 0.6 is 0 Å². The van der Waals surface area contributed by atoms with Gasteiger partial charge < -0.3 is 15.4 Å². The van der Waals surface area contributed by atoms with E-state index in [-0.39, 0.29) is 0 Å². The number of nitrogens with two attached hydrogens (primary N) is 1. The van der Waals surface area contributed by atoms with Crippen LogP contribution in [0.2, 0.25) is 0 Å². The van der Waals surface area contributed by atoms with Crippen molar-refractivity contribution in [3.63, 3.8) is 0 Å². The molecule has 1 saturated heterocycles. The summed E-state index contributed by atoms with van der Waals surface area (Å²) in [6.45, 7) is 3.41. The smallest absolute Gasteiger partial charge is 0.0622 e. The fraction of sp³-hybridized carbons (Fsp3) is 1.00. The molecule has 1 rings (SSSR count). The Balaban J connectivity index is 1.92. The highest BCUT2D eigenvalue weighted by atomic mass is 16.5. The molecule has 60 valence electrons. The van der Waals surface area contributed by atoms with Crippen molar-refractivity contribution in [1.82, 2.24) is 4.90 Å². The van der Waals surface area contributed by atoms with Crippen LogP contribution in [0.5, 0.6) is 0 Å². The molecule has 1 aliphatic heterocycles. The molecule has 3 heteroatoms. The molecule has 1 heterocycles. The van der Waals surface area contributed by atoms with Crippen molar-refractivity contribution in [3.05, 3.63) is 0 Å². The lowest BCUT2D eigenvalue weighted by molar-refractivity contribution is 0.0243. The lowest BCUT2D eigenvalue weighted by atomic mass is 10.1. The molecule has 0 radical (unpaired) electrons. The number of hydrogen-bond acceptors (Lipinski definition) is 3. The maximum atomic E-state index is 5.29. The van der Waals surface area contributed by atoms with E-state index in [1.807, 2.05) is 0 Å². The maximum absolute atomic E-state index is 5.29. The zero-order valence-electron chi connectivity index (χ0n) is 6.55. The first-order valence-electron chi connectivity index (χ1n) is 3.82. The first-order chi connectivity index (χ1) is 4.84. The van der Waals surface area contributed by atoms with Crippen molar-refractivity contribution < 1.29 is 4.74 Å². The number of rotatable bonds is 4. The van der Waals surface area contributed by atoms with Crippen LogP contribution in [-0.4, -0.2) is 44.3 Å². The van der Waals surface area contributed by atoms with E-state index in [0.29, 0.717) is 19.2 Å². The van der Waals surface area contributed by atoms with Gasteiger partial charge in [-0.1, -0.05) is 0 Å². The Morgan fingerprint density at radius 1 is 1.70 bits per heavy atom. The lowest BCUT2D eigenvalue weighted by Crippen LogP contribution is -2.47. The Kier molecular flexibility index (Phi) is 3.12. The molecule has 0 aromatic carbocycles. The summed E-state index contributed by atoms with van der Waals surface area (Å²) < 4.78 is 5.29. The standard InChI is InChI=1S/C7H16N2O/c1-9-4-2-7(9)6-10-5-3-8/h7H,2-6,8H2,1H3. The van der Waals surface area contributed by atoms with E-state index in [0.717, 1.165) is 6.61 Å². The number of likely N-dealkylation sites (N-methyl/N-ethyl adjacent to an activating group) is 1. The van der Waals surface area contributed by atoms with Crippen molar-refractivity contribution >= 4 is 0 Å². The predicted octanol–water partition coefficient (Wildman–Crippen LogP) is -0.334. The molecule has 0 amide bonds. The molecule has 3 nitrogen and oxygen atoms in total. The van der Waals surface area contributed by atoms with Gasteiger partial charge in [-0.25, -0.2) is 0 Å². The highest BCUT2D eigenvalue weighted by Crippen LogP contribution is 2.13. The van der Waals surface area contributed by atoms with Gasteiger partial charge in [0.25, 0.3) is 0 Å². The van der Waals surface area contributed by atoms with Crippen molar-refractivity contribution in [1.29, 1.82) is 0 Å². The second kappa shape index (κ2) is 3.91. The molecule has 0 aromatic rings.